The molecule has 0 saturated carbocycles. The minimum absolute atomic E-state index is 0.427. The molecule has 4 nitrogen and oxygen atoms in total. The van der Waals surface area contributed by atoms with Crippen molar-refractivity contribution in [2.45, 2.75) is 40.0 Å². The molecule has 0 fully saturated rings. The summed E-state index contributed by atoms with van der Waals surface area (Å²) >= 11 is 0. The van der Waals surface area contributed by atoms with Crippen LogP contribution < -0.4 is 5.32 Å². The summed E-state index contributed by atoms with van der Waals surface area (Å²) in [6, 6.07) is 3.91. The van der Waals surface area contributed by atoms with Crippen molar-refractivity contribution in [2.75, 3.05) is 11.9 Å². The normalized spacial score (nSPS) is 11.7. The Morgan fingerprint density at radius 2 is 1.84 bits per heavy atom. The first-order chi connectivity index (χ1) is 9.04. The molecule has 0 saturated heterocycles. The molecule has 19 heavy (non-hydrogen) atoms. The lowest BCUT2D eigenvalue weighted by Crippen LogP contribution is -2.07. The Morgan fingerprint density at radius 1 is 1.05 bits per heavy atom. The molecule has 0 aromatic carbocycles. The number of fused-ring (bicyclic) bond motifs is 1. The Hall–Kier alpha value is -1.71. The Labute approximate surface area is 114 Å². The van der Waals surface area contributed by atoms with Crippen molar-refractivity contribution in [3.05, 3.63) is 24.5 Å². The van der Waals surface area contributed by atoms with Crippen molar-refractivity contribution in [3.8, 4) is 0 Å². The highest BCUT2D eigenvalue weighted by Crippen LogP contribution is 2.21. The largest absolute Gasteiger partial charge is 0.370 e. The highest BCUT2D eigenvalue weighted by molar-refractivity contribution is 5.71. The Balaban J connectivity index is 1.82. The quantitative estimate of drug-likeness (QED) is 0.832. The molecule has 0 aliphatic carbocycles. The molecule has 0 spiro atoms. The molecule has 2 aromatic rings. The van der Waals surface area contributed by atoms with Crippen molar-refractivity contribution in [3.63, 3.8) is 0 Å². The lowest BCUT2D eigenvalue weighted by atomic mass is 9.90. The summed E-state index contributed by atoms with van der Waals surface area (Å²) in [5.41, 5.74) is 1.96. The Bertz CT molecular complexity index is 531. The van der Waals surface area contributed by atoms with Gasteiger partial charge in [-0.1, -0.05) is 27.2 Å². The third-order valence-electron chi connectivity index (χ3n) is 2.99. The highest BCUT2D eigenvalue weighted by Gasteiger charge is 2.08. The maximum Gasteiger partial charge on any atom is 0.180 e. The fourth-order valence-corrected chi connectivity index (χ4v) is 1.95. The maximum atomic E-state index is 4.44. The molecular formula is C15H22N4. The average molecular weight is 258 g/mol. The fourth-order valence-electron chi connectivity index (χ4n) is 1.95. The molecule has 4 heteroatoms. The van der Waals surface area contributed by atoms with Crippen molar-refractivity contribution in [2.24, 2.45) is 5.41 Å². The van der Waals surface area contributed by atoms with Gasteiger partial charge in [-0.25, -0.2) is 9.97 Å². The number of unbranched alkanes of at least 4 members (excludes halogenated alkanes) is 1. The molecule has 0 unspecified atom stereocenters. The van der Waals surface area contributed by atoms with E-state index in [-0.39, 0.29) is 0 Å². The molecule has 0 aliphatic rings. The van der Waals surface area contributed by atoms with E-state index in [0.717, 1.165) is 24.3 Å². The van der Waals surface area contributed by atoms with Crippen LogP contribution in [-0.4, -0.2) is 21.5 Å². The van der Waals surface area contributed by atoms with Gasteiger partial charge in [0.2, 0.25) is 0 Å². The van der Waals surface area contributed by atoms with E-state index < -0.39 is 0 Å². The number of hydrogen-bond acceptors (Lipinski definition) is 4. The molecule has 0 aliphatic heterocycles. The van der Waals surface area contributed by atoms with Crippen LogP contribution in [0.3, 0.4) is 0 Å². The standard InChI is InChI=1S/C15H22N4/c1-15(2,3)8-4-5-9-17-13-7-6-12-14(19-13)18-11-10-16-12/h6-7,10-11H,4-5,8-9H2,1-3H3,(H,17,18,19). The molecular weight excluding hydrogens is 236 g/mol. The van der Waals surface area contributed by atoms with Gasteiger partial charge in [0.15, 0.2) is 5.65 Å². The van der Waals surface area contributed by atoms with Crippen LogP contribution in [0.25, 0.3) is 11.2 Å². The van der Waals surface area contributed by atoms with E-state index in [1.54, 1.807) is 12.4 Å². The van der Waals surface area contributed by atoms with Crippen LogP contribution in [0, 0.1) is 5.41 Å². The number of aromatic nitrogens is 3. The predicted molar refractivity (Wildman–Crippen MR) is 79.1 cm³/mol. The van der Waals surface area contributed by atoms with Crippen LogP contribution in [-0.2, 0) is 0 Å². The number of anilines is 1. The van der Waals surface area contributed by atoms with Crippen LogP contribution >= 0.6 is 0 Å². The summed E-state index contributed by atoms with van der Waals surface area (Å²) in [5, 5.41) is 3.34. The topological polar surface area (TPSA) is 50.7 Å². The summed E-state index contributed by atoms with van der Waals surface area (Å²) in [6.07, 6.45) is 7.01. The average Bonchev–Trinajstić information content (AvgIpc) is 2.37. The maximum absolute atomic E-state index is 4.44. The van der Waals surface area contributed by atoms with Gasteiger partial charge in [-0.3, -0.25) is 4.98 Å². The SMILES string of the molecule is CC(C)(C)CCCCNc1ccc2nccnc2n1. The summed E-state index contributed by atoms with van der Waals surface area (Å²) < 4.78 is 0. The van der Waals surface area contributed by atoms with Gasteiger partial charge in [0, 0.05) is 18.9 Å². The number of nitrogens with one attached hydrogen (secondary N) is 1. The molecule has 0 atom stereocenters. The zero-order valence-electron chi connectivity index (χ0n) is 12.0. The van der Waals surface area contributed by atoms with E-state index in [1.807, 2.05) is 12.1 Å². The second kappa shape index (κ2) is 5.95. The molecule has 0 bridgehead atoms. The van der Waals surface area contributed by atoms with Crippen LogP contribution in [0.15, 0.2) is 24.5 Å². The number of nitrogens with zero attached hydrogens (tertiary/aromatic N) is 3. The lowest BCUT2D eigenvalue weighted by molar-refractivity contribution is 0.362. The van der Waals surface area contributed by atoms with E-state index in [4.69, 9.17) is 0 Å². The minimum Gasteiger partial charge on any atom is -0.370 e. The van der Waals surface area contributed by atoms with E-state index in [0.29, 0.717) is 11.1 Å². The number of pyridine rings is 1. The minimum atomic E-state index is 0.427. The van der Waals surface area contributed by atoms with E-state index in [9.17, 15) is 0 Å². The summed E-state index contributed by atoms with van der Waals surface area (Å²) in [6.45, 7) is 7.80. The van der Waals surface area contributed by atoms with Crippen molar-refractivity contribution >= 4 is 17.0 Å². The van der Waals surface area contributed by atoms with Crippen LogP contribution in [0.1, 0.15) is 40.0 Å². The van der Waals surface area contributed by atoms with E-state index in [2.05, 4.69) is 41.0 Å². The fraction of sp³-hybridized carbons (Fsp3) is 0.533. The summed E-state index contributed by atoms with van der Waals surface area (Å²) in [4.78, 5) is 12.8. The second-order valence-electron chi connectivity index (χ2n) is 6.04. The van der Waals surface area contributed by atoms with Gasteiger partial charge in [0.1, 0.15) is 11.3 Å². The molecule has 2 heterocycles. The second-order valence-corrected chi connectivity index (χ2v) is 6.04. The zero-order valence-corrected chi connectivity index (χ0v) is 12.0. The number of hydrogen-bond donors (Lipinski definition) is 1. The van der Waals surface area contributed by atoms with Gasteiger partial charge in [-0.2, -0.15) is 0 Å². The lowest BCUT2D eigenvalue weighted by Gasteiger charge is -2.17. The summed E-state index contributed by atoms with van der Waals surface area (Å²) in [5.74, 6) is 0.878. The molecule has 0 amide bonds. The van der Waals surface area contributed by atoms with Gasteiger partial charge in [-0.15, -0.1) is 0 Å². The van der Waals surface area contributed by atoms with Crippen LogP contribution in [0.2, 0.25) is 0 Å². The Kier molecular flexibility index (Phi) is 4.30. The van der Waals surface area contributed by atoms with Crippen molar-refractivity contribution < 1.29 is 0 Å². The third kappa shape index (κ3) is 4.47. The van der Waals surface area contributed by atoms with Crippen LogP contribution in [0.5, 0.6) is 0 Å². The van der Waals surface area contributed by atoms with E-state index >= 15 is 0 Å². The van der Waals surface area contributed by atoms with Crippen molar-refractivity contribution in [1.82, 2.24) is 15.0 Å². The molecule has 0 radical (unpaired) electrons. The zero-order chi connectivity index (χ0) is 13.7. The molecule has 2 aromatic heterocycles. The van der Waals surface area contributed by atoms with Gasteiger partial charge >= 0.3 is 0 Å². The Morgan fingerprint density at radius 3 is 2.63 bits per heavy atom. The summed E-state index contributed by atoms with van der Waals surface area (Å²) in [7, 11) is 0. The van der Waals surface area contributed by atoms with Gasteiger partial charge < -0.3 is 5.32 Å². The smallest absolute Gasteiger partial charge is 0.180 e. The predicted octanol–water partition coefficient (Wildman–Crippen LogP) is 3.65. The molecule has 2 rings (SSSR count). The van der Waals surface area contributed by atoms with Crippen molar-refractivity contribution in [1.29, 1.82) is 0 Å². The molecule has 102 valence electrons. The molecule has 1 N–H and O–H groups in total. The monoisotopic (exact) mass is 258 g/mol. The third-order valence-corrected chi connectivity index (χ3v) is 2.99. The first-order valence-corrected chi connectivity index (χ1v) is 6.86. The van der Waals surface area contributed by atoms with Gasteiger partial charge in [0.25, 0.3) is 0 Å². The van der Waals surface area contributed by atoms with Gasteiger partial charge in [0.05, 0.1) is 0 Å². The van der Waals surface area contributed by atoms with E-state index in [1.165, 1.54) is 12.8 Å². The number of rotatable bonds is 5. The highest BCUT2D eigenvalue weighted by atomic mass is 15.0. The van der Waals surface area contributed by atoms with Gasteiger partial charge in [-0.05, 0) is 30.4 Å². The van der Waals surface area contributed by atoms with Crippen LogP contribution in [0.4, 0.5) is 5.82 Å². The first-order valence-electron chi connectivity index (χ1n) is 6.86. The first kappa shape index (κ1) is 13.7.